The number of aryl methyl sites for hydroxylation is 2. The molecule has 0 unspecified atom stereocenters. The number of halogens is 1. The minimum Gasteiger partial charge on any atom is -0.370 e. The minimum absolute atomic E-state index is 0. The van der Waals surface area contributed by atoms with E-state index in [9.17, 15) is 0 Å². The van der Waals surface area contributed by atoms with Crippen molar-refractivity contribution in [2.45, 2.75) is 25.8 Å². The van der Waals surface area contributed by atoms with Gasteiger partial charge in [0.05, 0.1) is 12.2 Å². The van der Waals surface area contributed by atoms with E-state index >= 15 is 0 Å². The lowest BCUT2D eigenvalue weighted by Gasteiger charge is -2.10. The van der Waals surface area contributed by atoms with Crippen LogP contribution < -0.4 is 16.0 Å². The van der Waals surface area contributed by atoms with Crippen molar-refractivity contribution in [3.63, 3.8) is 0 Å². The average molecular weight is 438 g/mol. The van der Waals surface area contributed by atoms with E-state index in [2.05, 4.69) is 38.5 Å². The van der Waals surface area contributed by atoms with Crippen molar-refractivity contribution in [2.24, 2.45) is 10.7 Å². The molecule has 24 heavy (non-hydrogen) atoms. The number of nitrogens with one attached hydrogen (secondary N) is 1. The first kappa shape index (κ1) is 18.4. The Morgan fingerprint density at radius 1 is 1.25 bits per heavy atom. The number of anilines is 2. The Morgan fingerprint density at radius 2 is 2.04 bits per heavy atom. The highest BCUT2D eigenvalue weighted by Crippen LogP contribution is 2.24. The fraction of sp³-hybridized carbons (Fsp3) is 0.353. The van der Waals surface area contributed by atoms with E-state index < -0.39 is 0 Å². The average Bonchev–Trinajstić information content (AvgIpc) is 3.01. The second-order valence-corrected chi connectivity index (χ2v) is 5.91. The van der Waals surface area contributed by atoms with Gasteiger partial charge < -0.3 is 16.0 Å². The summed E-state index contributed by atoms with van der Waals surface area (Å²) in [6, 6.07) is 8.24. The van der Waals surface area contributed by atoms with Crippen molar-refractivity contribution in [1.29, 1.82) is 0 Å². The van der Waals surface area contributed by atoms with Gasteiger partial charge >= 0.3 is 0 Å². The summed E-state index contributed by atoms with van der Waals surface area (Å²) < 4.78 is 0. The fourth-order valence-electron chi connectivity index (χ4n) is 2.69. The van der Waals surface area contributed by atoms with Crippen LogP contribution in [0.15, 0.2) is 35.5 Å². The highest BCUT2D eigenvalue weighted by atomic mass is 127. The normalized spacial score (nSPS) is 13.2. The van der Waals surface area contributed by atoms with Gasteiger partial charge in [0.15, 0.2) is 5.96 Å². The summed E-state index contributed by atoms with van der Waals surface area (Å²) in [6.45, 7) is 0.424. The Kier molecular flexibility index (Phi) is 6.36. The highest BCUT2D eigenvalue weighted by Gasteiger charge is 2.10. The van der Waals surface area contributed by atoms with E-state index in [4.69, 9.17) is 5.73 Å². The number of aromatic nitrogens is 2. The molecule has 2 aromatic rings. The van der Waals surface area contributed by atoms with E-state index in [0.717, 1.165) is 17.8 Å². The molecule has 0 spiro atoms. The van der Waals surface area contributed by atoms with Crippen LogP contribution in [0.4, 0.5) is 11.6 Å². The van der Waals surface area contributed by atoms with E-state index in [0.29, 0.717) is 18.5 Å². The summed E-state index contributed by atoms with van der Waals surface area (Å²) in [4.78, 5) is 14.8. The van der Waals surface area contributed by atoms with Gasteiger partial charge in [0.1, 0.15) is 0 Å². The third kappa shape index (κ3) is 4.56. The van der Waals surface area contributed by atoms with E-state index in [-0.39, 0.29) is 24.0 Å². The summed E-state index contributed by atoms with van der Waals surface area (Å²) >= 11 is 0. The Hall–Kier alpha value is -1.90. The minimum atomic E-state index is 0. The largest absolute Gasteiger partial charge is 0.370 e. The quantitative estimate of drug-likeness (QED) is 0.436. The first-order valence-corrected chi connectivity index (χ1v) is 7.80. The summed E-state index contributed by atoms with van der Waals surface area (Å²) in [5.74, 6) is 1.07. The standard InChI is InChI=1S/C17H22N6.HI/c1-23(2)17-19-9-8-15(22-17)11-20-16(18)21-14-7-6-12-4-3-5-13(12)10-14;/h6-10H,3-5,11H2,1-2H3,(H3,18,20,21);1H. The predicted molar refractivity (Wildman–Crippen MR) is 109 cm³/mol. The molecule has 0 aliphatic heterocycles. The first-order valence-electron chi connectivity index (χ1n) is 7.80. The lowest BCUT2D eigenvalue weighted by atomic mass is 10.1. The van der Waals surface area contributed by atoms with Gasteiger partial charge in [-0.25, -0.2) is 15.0 Å². The molecular formula is C17H23IN6. The van der Waals surface area contributed by atoms with E-state index in [1.54, 1.807) is 6.20 Å². The van der Waals surface area contributed by atoms with Crippen LogP contribution in [0.3, 0.4) is 0 Å². The molecule has 0 fully saturated rings. The molecule has 3 rings (SSSR count). The molecule has 1 heterocycles. The van der Waals surface area contributed by atoms with Crippen molar-refractivity contribution >= 4 is 41.6 Å². The molecule has 1 aliphatic carbocycles. The van der Waals surface area contributed by atoms with Crippen LogP contribution in [0.5, 0.6) is 0 Å². The van der Waals surface area contributed by atoms with Gasteiger partial charge in [0.25, 0.3) is 0 Å². The molecule has 0 bridgehead atoms. The van der Waals surface area contributed by atoms with Crippen LogP contribution in [0.25, 0.3) is 0 Å². The smallest absolute Gasteiger partial charge is 0.225 e. The molecule has 0 saturated heterocycles. The number of hydrogen-bond acceptors (Lipinski definition) is 4. The summed E-state index contributed by atoms with van der Waals surface area (Å²) in [6.07, 6.45) is 5.30. The second kappa shape index (κ2) is 8.27. The Morgan fingerprint density at radius 3 is 2.83 bits per heavy atom. The molecule has 1 aromatic heterocycles. The number of hydrogen-bond donors (Lipinski definition) is 2. The van der Waals surface area contributed by atoms with Crippen molar-refractivity contribution in [3.8, 4) is 0 Å². The maximum atomic E-state index is 5.98. The van der Waals surface area contributed by atoms with Crippen molar-refractivity contribution < 1.29 is 0 Å². The molecule has 0 atom stereocenters. The van der Waals surface area contributed by atoms with Gasteiger partial charge in [-0.3, -0.25) is 0 Å². The molecule has 0 radical (unpaired) electrons. The maximum absolute atomic E-state index is 5.98. The molecule has 0 amide bonds. The Bertz CT molecular complexity index is 729. The van der Waals surface area contributed by atoms with Gasteiger partial charge in [0, 0.05) is 26.0 Å². The zero-order chi connectivity index (χ0) is 16.2. The lowest BCUT2D eigenvalue weighted by Crippen LogP contribution is -2.22. The molecule has 1 aliphatic rings. The van der Waals surface area contributed by atoms with Gasteiger partial charge in [-0.15, -0.1) is 24.0 Å². The zero-order valence-electron chi connectivity index (χ0n) is 14.0. The van der Waals surface area contributed by atoms with Crippen LogP contribution in [0, 0.1) is 0 Å². The van der Waals surface area contributed by atoms with Crippen molar-refractivity contribution in [1.82, 2.24) is 9.97 Å². The van der Waals surface area contributed by atoms with E-state index in [1.165, 1.54) is 24.0 Å². The van der Waals surface area contributed by atoms with Gasteiger partial charge in [-0.05, 0) is 48.6 Å². The number of fused-ring (bicyclic) bond motifs is 1. The number of guanidine groups is 1. The molecule has 128 valence electrons. The summed E-state index contributed by atoms with van der Waals surface area (Å²) in [5, 5.41) is 3.15. The van der Waals surface area contributed by atoms with E-state index in [1.807, 2.05) is 25.1 Å². The molecule has 0 saturated carbocycles. The Balaban J connectivity index is 0.00000208. The Labute approximate surface area is 159 Å². The van der Waals surface area contributed by atoms with Crippen LogP contribution in [-0.2, 0) is 19.4 Å². The number of nitrogens with two attached hydrogens (primary N) is 1. The molecule has 6 nitrogen and oxygen atoms in total. The summed E-state index contributed by atoms with van der Waals surface area (Å²) in [5.41, 5.74) is 10.7. The number of aliphatic imine (C=N–C) groups is 1. The first-order chi connectivity index (χ1) is 11.1. The fourth-order valence-corrected chi connectivity index (χ4v) is 2.69. The molecular weight excluding hydrogens is 415 g/mol. The van der Waals surface area contributed by atoms with Crippen LogP contribution in [-0.4, -0.2) is 30.0 Å². The maximum Gasteiger partial charge on any atom is 0.225 e. The van der Waals surface area contributed by atoms with Gasteiger partial charge in [0.2, 0.25) is 5.95 Å². The lowest BCUT2D eigenvalue weighted by molar-refractivity contribution is 0.912. The third-order valence-electron chi connectivity index (χ3n) is 3.88. The highest BCUT2D eigenvalue weighted by molar-refractivity contribution is 14.0. The third-order valence-corrected chi connectivity index (χ3v) is 3.88. The molecule has 7 heteroatoms. The van der Waals surface area contributed by atoms with Crippen LogP contribution in [0.2, 0.25) is 0 Å². The number of rotatable bonds is 4. The van der Waals surface area contributed by atoms with Crippen molar-refractivity contribution in [3.05, 3.63) is 47.3 Å². The number of nitrogens with zero attached hydrogens (tertiary/aromatic N) is 4. The van der Waals surface area contributed by atoms with Gasteiger partial charge in [-0.1, -0.05) is 6.07 Å². The summed E-state index contributed by atoms with van der Waals surface area (Å²) in [7, 11) is 3.82. The van der Waals surface area contributed by atoms with Crippen LogP contribution in [0.1, 0.15) is 23.2 Å². The monoisotopic (exact) mass is 438 g/mol. The zero-order valence-corrected chi connectivity index (χ0v) is 16.3. The molecule has 3 N–H and O–H groups in total. The van der Waals surface area contributed by atoms with Crippen molar-refractivity contribution in [2.75, 3.05) is 24.3 Å². The predicted octanol–water partition coefficient (Wildman–Crippen LogP) is 2.58. The van der Waals surface area contributed by atoms with Crippen LogP contribution >= 0.6 is 24.0 Å². The molecule has 1 aromatic carbocycles. The number of benzene rings is 1. The van der Waals surface area contributed by atoms with Gasteiger partial charge in [-0.2, -0.15) is 0 Å². The topological polar surface area (TPSA) is 79.4 Å². The second-order valence-electron chi connectivity index (χ2n) is 5.91. The SMILES string of the molecule is CN(C)c1nccc(CN=C(N)Nc2ccc3c(c2)CCC3)n1.I.